The van der Waals surface area contributed by atoms with Crippen LogP contribution in [0.4, 0.5) is 5.13 Å². The van der Waals surface area contributed by atoms with Crippen LogP contribution in [-0.2, 0) is 11.3 Å². The Kier molecular flexibility index (Phi) is 9.78. The molecule has 2 N–H and O–H groups in total. The van der Waals surface area contributed by atoms with Crippen molar-refractivity contribution in [3.05, 3.63) is 46.7 Å². The normalized spacial score (nSPS) is 11.8. The van der Waals surface area contributed by atoms with Gasteiger partial charge in [-0.1, -0.05) is 11.8 Å². The number of anilines is 1. The molecule has 34 heavy (non-hydrogen) atoms. The average molecular weight is 521 g/mol. The Morgan fingerprint density at radius 2 is 2.00 bits per heavy atom. The van der Waals surface area contributed by atoms with Crippen LogP contribution in [0.25, 0.3) is 0 Å². The number of hydrogen-bond donors (Lipinski definition) is 2. The monoisotopic (exact) mass is 520 g/mol. The predicted octanol–water partition coefficient (Wildman–Crippen LogP) is 4.03. The predicted molar refractivity (Wildman–Crippen MR) is 138 cm³/mol. The molecule has 2 amide bonds. The maximum atomic E-state index is 12.9. The first-order chi connectivity index (χ1) is 16.4. The third kappa shape index (κ3) is 6.97. The summed E-state index contributed by atoms with van der Waals surface area (Å²) in [6.07, 6.45) is 2.73. The van der Waals surface area contributed by atoms with E-state index in [-0.39, 0.29) is 23.6 Å². The van der Waals surface area contributed by atoms with Crippen molar-refractivity contribution in [2.45, 2.75) is 38.0 Å². The minimum atomic E-state index is -0.309. The summed E-state index contributed by atoms with van der Waals surface area (Å²) in [5, 5.41) is 17.7. The highest BCUT2D eigenvalue weighted by molar-refractivity contribution is 7.99. The van der Waals surface area contributed by atoms with E-state index in [0.717, 1.165) is 11.4 Å². The Bertz CT molecular complexity index is 1100. The maximum absolute atomic E-state index is 12.9. The van der Waals surface area contributed by atoms with Gasteiger partial charge in [0.2, 0.25) is 5.91 Å². The molecular formula is C22H28N6O3S3. The Morgan fingerprint density at radius 3 is 2.62 bits per heavy atom. The SMILES string of the molecule is CCn1c(SCC(=O)Nc2nc(C)cs2)nnc1[C@@H](CCSC)NC(=O)c1ccc(OC)cc1. The fraction of sp³-hybridized carbons (Fsp3) is 0.409. The quantitative estimate of drug-likeness (QED) is 0.345. The van der Waals surface area contributed by atoms with E-state index in [1.54, 1.807) is 43.1 Å². The van der Waals surface area contributed by atoms with Gasteiger partial charge in [-0.2, -0.15) is 11.8 Å². The van der Waals surface area contributed by atoms with E-state index in [1.807, 2.05) is 30.1 Å². The number of aromatic nitrogens is 4. The number of carbonyl (C=O) groups is 2. The van der Waals surface area contributed by atoms with Gasteiger partial charge in [0.1, 0.15) is 5.75 Å². The van der Waals surface area contributed by atoms with E-state index in [4.69, 9.17) is 4.74 Å². The number of nitrogens with zero attached hydrogens (tertiary/aromatic N) is 4. The lowest BCUT2D eigenvalue weighted by atomic mass is 10.1. The lowest BCUT2D eigenvalue weighted by Crippen LogP contribution is -2.31. The van der Waals surface area contributed by atoms with Crippen molar-refractivity contribution in [3.8, 4) is 5.75 Å². The van der Waals surface area contributed by atoms with Crippen molar-refractivity contribution in [2.75, 3.05) is 30.2 Å². The third-order valence-corrected chi connectivity index (χ3v) is 7.33. The lowest BCUT2D eigenvalue weighted by molar-refractivity contribution is -0.113. The molecule has 0 radical (unpaired) electrons. The molecule has 2 aromatic heterocycles. The number of rotatable bonds is 12. The van der Waals surface area contributed by atoms with Gasteiger partial charge in [0.15, 0.2) is 16.1 Å². The second-order valence-corrected chi connectivity index (χ2v) is 10.0. The molecule has 0 saturated carbocycles. The molecule has 1 atom stereocenters. The fourth-order valence-corrected chi connectivity index (χ4v) is 5.13. The Morgan fingerprint density at radius 1 is 1.24 bits per heavy atom. The molecule has 0 fully saturated rings. The van der Waals surface area contributed by atoms with Crippen LogP contribution in [0, 0.1) is 6.92 Å². The molecule has 0 spiro atoms. The summed E-state index contributed by atoms with van der Waals surface area (Å²) < 4.78 is 7.12. The minimum Gasteiger partial charge on any atom is -0.497 e. The van der Waals surface area contributed by atoms with Crippen molar-refractivity contribution in [2.24, 2.45) is 0 Å². The summed E-state index contributed by atoms with van der Waals surface area (Å²) >= 11 is 4.40. The van der Waals surface area contributed by atoms with Crippen LogP contribution < -0.4 is 15.4 Å². The van der Waals surface area contributed by atoms with Crippen molar-refractivity contribution in [3.63, 3.8) is 0 Å². The van der Waals surface area contributed by atoms with Gasteiger partial charge in [-0.25, -0.2) is 4.98 Å². The molecule has 182 valence electrons. The fourth-order valence-electron chi connectivity index (χ4n) is 3.14. The second-order valence-electron chi connectivity index (χ2n) is 7.25. The third-order valence-electron chi connectivity index (χ3n) is 4.84. The molecule has 0 unspecified atom stereocenters. The van der Waals surface area contributed by atoms with E-state index >= 15 is 0 Å². The number of thioether (sulfide) groups is 2. The molecule has 12 heteroatoms. The zero-order chi connectivity index (χ0) is 24.5. The van der Waals surface area contributed by atoms with Gasteiger partial charge in [-0.15, -0.1) is 21.5 Å². The molecule has 2 heterocycles. The lowest BCUT2D eigenvalue weighted by Gasteiger charge is -2.19. The number of thiazole rings is 1. The molecule has 9 nitrogen and oxygen atoms in total. The van der Waals surface area contributed by atoms with Gasteiger partial charge < -0.3 is 19.9 Å². The first kappa shape index (κ1) is 26.0. The number of methoxy groups -OCH3 is 1. The summed E-state index contributed by atoms with van der Waals surface area (Å²) in [6.45, 7) is 4.49. The molecule has 0 bridgehead atoms. The molecule has 0 aliphatic heterocycles. The standard InChI is InChI=1S/C22H28N6O3S3/c1-5-28-19(26-27-22(28)34-13-18(29)25-21-23-14(2)12-33-21)17(10-11-32-4)24-20(30)15-6-8-16(31-3)9-7-15/h6-9,12,17H,5,10-11,13H2,1-4H3,(H,24,30)(H,23,25,29)/t17-/m1/s1. The van der Waals surface area contributed by atoms with Crippen LogP contribution >= 0.6 is 34.9 Å². The Hall–Kier alpha value is -2.57. The number of benzene rings is 1. The minimum absolute atomic E-state index is 0.154. The van der Waals surface area contributed by atoms with Gasteiger partial charge in [-0.05, 0) is 56.5 Å². The molecule has 0 aliphatic carbocycles. The number of hydrogen-bond acceptors (Lipinski definition) is 9. The van der Waals surface area contributed by atoms with Crippen molar-refractivity contribution >= 4 is 51.8 Å². The summed E-state index contributed by atoms with van der Waals surface area (Å²) in [5.41, 5.74) is 1.41. The molecular weight excluding hydrogens is 492 g/mol. The molecule has 3 rings (SSSR count). The van der Waals surface area contributed by atoms with Gasteiger partial charge in [0.25, 0.3) is 5.91 Å². The van der Waals surface area contributed by atoms with E-state index in [1.165, 1.54) is 23.1 Å². The Labute approximate surface area is 211 Å². The molecule has 1 aromatic carbocycles. The van der Waals surface area contributed by atoms with Crippen molar-refractivity contribution in [1.82, 2.24) is 25.1 Å². The van der Waals surface area contributed by atoms with E-state index in [0.29, 0.717) is 40.4 Å². The van der Waals surface area contributed by atoms with Crippen LogP contribution in [0.2, 0.25) is 0 Å². The molecule has 0 aliphatic rings. The van der Waals surface area contributed by atoms with Gasteiger partial charge in [-0.3, -0.25) is 9.59 Å². The van der Waals surface area contributed by atoms with E-state index < -0.39 is 0 Å². The summed E-state index contributed by atoms with van der Waals surface area (Å²) in [7, 11) is 1.59. The molecule has 0 saturated heterocycles. The maximum Gasteiger partial charge on any atom is 0.251 e. The largest absolute Gasteiger partial charge is 0.497 e. The number of amides is 2. The number of carbonyl (C=O) groups excluding carboxylic acids is 2. The van der Waals surface area contributed by atoms with Crippen LogP contribution in [0.3, 0.4) is 0 Å². The van der Waals surface area contributed by atoms with Crippen LogP contribution in [0.1, 0.15) is 41.3 Å². The van der Waals surface area contributed by atoms with Gasteiger partial charge >= 0.3 is 0 Å². The number of nitrogens with one attached hydrogen (secondary N) is 2. The van der Waals surface area contributed by atoms with Crippen molar-refractivity contribution < 1.29 is 14.3 Å². The first-order valence-corrected chi connectivity index (χ1v) is 13.9. The Balaban J connectivity index is 1.70. The summed E-state index contributed by atoms with van der Waals surface area (Å²) in [6, 6.07) is 6.67. The van der Waals surface area contributed by atoms with Crippen LogP contribution in [-0.4, -0.2) is 56.4 Å². The zero-order valence-electron chi connectivity index (χ0n) is 19.5. The highest BCUT2D eigenvalue weighted by atomic mass is 32.2. The van der Waals surface area contributed by atoms with Gasteiger partial charge in [0, 0.05) is 17.5 Å². The first-order valence-electron chi connectivity index (χ1n) is 10.7. The smallest absolute Gasteiger partial charge is 0.251 e. The topological polar surface area (TPSA) is 111 Å². The molecule has 3 aromatic rings. The second kappa shape index (κ2) is 12.8. The van der Waals surface area contributed by atoms with Gasteiger partial charge in [0.05, 0.1) is 24.6 Å². The van der Waals surface area contributed by atoms with E-state index in [2.05, 4.69) is 25.8 Å². The summed E-state index contributed by atoms with van der Waals surface area (Å²) in [4.78, 5) is 29.5. The number of aryl methyl sites for hydroxylation is 1. The zero-order valence-corrected chi connectivity index (χ0v) is 22.0. The van der Waals surface area contributed by atoms with E-state index in [9.17, 15) is 9.59 Å². The highest BCUT2D eigenvalue weighted by Crippen LogP contribution is 2.24. The number of ether oxygens (including phenoxy) is 1. The van der Waals surface area contributed by atoms with Crippen molar-refractivity contribution in [1.29, 1.82) is 0 Å². The van der Waals surface area contributed by atoms with Crippen LogP contribution in [0.5, 0.6) is 5.75 Å². The highest BCUT2D eigenvalue weighted by Gasteiger charge is 2.23. The van der Waals surface area contributed by atoms with Crippen LogP contribution in [0.15, 0.2) is 34.8 Å². The average Bonchev–Trinajstić information content (AvgIpc) is 3.45. The summed E-state index contributed by atoms with van der Waals surface area (Å²) in [5.74, 6) is 2.06.